The lowest BCUT2D eigenvalue weighted by Gasteiger charge is -2.20. The van der Waals surface area contributed by atoms with Gasteiger partial charge < -0.3 is 4.74 Å². The zero-order valence-electron chi connectivity index (χ0n) is 13.6. The Bertz CT molecular complexity index is 830. The van der Waals surface area contributed by atoms with Gasteiger partial charge in [0.15, 0.2) is 5.13 Å². The van der Waals surface area contributed by atoms with E-state index in [1.165, 1.54) is 11.3 Å². The van der Waals surface area contributed by atoms with Crippen LogP contribution in [-0.2, 0) is 11.2 Å². The molecule has 0 saturated carbocycles. The van der Waals surface area contributed by atoms with Gasteiger partial charge in [-0.05, 0) is 25.1 Å². The molecule has 0 aliphatic rings. The first-order valence-corrected chi connectivity index (χ1v) is 8.49. The summed E-state index contributed by atoms with van der Waals surface area (Å²) in [7, 11) is 1.61. The summed E-state index contributed by atoms with van der Waals surface area (Å²) in [5, 5.41) is 2.63. The number of ether oxygens (including phenoxy) is 1. The number of nitrogens with zero attached hydrogens (tertiary/aromatic N) is 2. The zero-order chi connectivity index (χ0) is 16.9. The highest BCUT2D eigenvalue weighted by atomic mass is 32.1. The maximum Gasteiger partial charge on any atom is 0.237 e. The van der Waals surface area contributed by atoms with Crippen LogP contribution in [0.25, 0.3) is 0 Å². The second-order valence-corrected chi connectivity index (χ2v) is 6.16. The third kappa shape index (κ3) is 3.46. The van der Waals surface area contributed by atoms with Gasteiger partial charge in [0.05, 0.1) is 24.9 Å². The van der Waals surface area contributed by atoms with Crippen LogP contribution < -0.4 is 9.64 Å². The van der Waals surface area contributed by atoms with Gasteiger partial charge in [-0.15, -0.1) is 11.3 Å². The van der Waals surface area contributed by atoms with Gasteiger partial charge in [-0.1, -0.05) is 36.4 Å². The second kappa shape index (κ2) is 7.27. The lowest BCUT2D eigenvalue weighted by atomic mass is 10.1. The fraction of sp³-hybridized carbons (Fsp3) is 0.158. The highest BCUT2D eigenvalue weighted by Crippen LogP contribution is 2.30. The molecule has 0 unspecified atom stereocenters. The van der Waals surface area contributed by atoms with E-state index in [2.05, 4.69) is 4.98 Å². The Balaban J connectivity index is 1.95. The zero-order valence-corrected chi connectivity index (χ0v) is 14.4. The van der Waals surface area contributed by atoms with Crippen LogP contribution in [0.4, 0.5) is 10.8 Å². The molecule has 3 rings (SSSR count). The van der Waals surface area contributed by atoms with Crippen molar-refractivity contribution in [2.24, 2.45) is 0 Å². The minimum Gasteiger partial charge on any atom is -0.496 e. The average Bonchev–Trinajstić information content (AvgIpc) is 3.02. The molecule has 0 atom stereocenters. The Labute approximate surface area is 145 Å². The number of aromatic nitrogens is 1. The van der Waals surface area contributed by atoms with Crippen LogP contribution >= 0.6 is 11.3 Å². The van der Waals surface area contributed by atoms with Crippen molar-refractivity contribution in [3.8, 4) is 5.75 Å². The molecule has 0 saturated heterocycles. The van der Waals surface area contributed by atoms with Gasteiger partial charge in [0.2, 0.25) is 5.91 Å². The Hall–Kier alpha value is -2.66. The normalized spacial score (nSPS) is 10.4. The quantitative estimate of drug-likeness (QED) is 0.694. The van der Waals surface area contributed by atoms with Crippen LogP contribution in [0.3, 0.4) is 0 Å². The Morgan fingerprint density at radius 2 is 1.83 bits per heavy atom. The number of para-hydroxylation sites is 2. The first-order chi connectivity index (χ1) is 11.7. The van der Waals surface area contributed by atoms with Crippen molar-refractivity contribution in [2.75, 3.05) is 12.0 Å². The summed E-state index contributed by atoms with van der Waals surface area (Å²) in [6.07, 6.45) is 0.248. The molecular formula is C19H18N2O2S. The average molecular weight is 338 g/mol. The number of benzene rings is 2. The molecule has 24 heavy (non-hydrogen) atoms. The van der Waals surface area contributed by atoms with E-state index < -0.39 is 0 Å². The Morgan fingerprint density at radius 1 is 1.12 bits per heavy atom. The summed E-state index contributed by atoms with van der Waals surface area (Å²) in [6, 6.07) is 17.2. The van der Waals surface area contributed by atoms with Crippen LogP contribution in [0.2, 0.25) is 0 Å². The number of amides is 1. The molecule has 2 aromatic carbocycles. The molecule has 0 radical (unpaired) electrons. The van der Waals surface area contributed by atoms with Gasteiger partial charge in [-0.25, -0.2) is 4.98 Å². The molecule has 0 aliphatic heterocycles. The number of thiazole rings is 1. The van der Waals surface area contributed by atoms with Crippen LogP contribution in [0.1, 0.15) is 11.3 Å². The van der Waals surface area contributed by atoms with Crippen LogP contribution in [0.15, 0.2) is 60.0 Å². The SMILES string of the molecule is COc1ccccc1CC(=O)N(c1ccccc1)c1nc(C)cs1. The highest BCUT2D eigenvalue weighted by molar-refractivity contribution is 7.14. The molecule has 0 fully saturated rings. The second-order valence-electron chi connectivity index (χ2n) is 5.32. The molecule has 122 valence electrons. The highest BCUT2D eigenvalue weighted by Gasteiger charge is 2.22. The van der Waals surface area contributed by atoms with E-state index in [9.17, 15) is 4.79 Å². The number of aryl methyl sites for hydroxylation is 1. The lowest BCUT2D eigenvalue weighted by Crippen LogP contribution is -2.27. The van der Waals surface area contributed by atoms with Crippen molar-refractivity contribution in [2.45, 2.75) is 13.3 Å². The molecule has 0 bridgehead atoms. The predicted molar refractivity (Wildman–Crippen MR) is 97.1 cm³/mol. The number of anilines is 2. The summed E-state index contributed by atoms with van der Waals surface area (Å²) >= 11 is 1.46. The van der Waals surface area contributed by atoms with Crippen molar-refractivity contribution in [1.82, 2.24) is 4.98 Å². The van der Waals surface area contributed by atoms with Crippen molar-refractivity contribution in [1.29, 1.82) is 0 Å². The van der Waals surface area contributed by atoms with Crippen molar-refractivity contribution in [3.63, 3.8) is 0 Å². The molecule has 3 aromatic rings. The number of rotatable bonds is 5. The van der Waals surface area contributed by atoms with E-state index in [4.69, 9.17) is 4.74 Å². The molecule has 1 amide bonds. The van der Waals surface area contributed by atoms with Crippen LogP contribution in [-0.4, -0.2) is 18.0 Å². The maximum absolute atomic E-state index is 13.0. The lowest BCUT2D eigenvalue weighted by molar-refractivity contribution is -0.117. The van der Waals surface area contributed by atoms with Gasteiger partial charge in [-0.3, -0.25) is 9.69 Å². The summed E-state index contributed by atoms with van der Waals surface area (Å²) < 4.78 is 5.36. The van der Waals surface area contributed by atoms with E-state index in [1.54, 1.807) is 12.0 Å². The molecule has 1 aromatic heterocycles. The number of methoxy groups -OCH3 is 1. The van der Waals surface area contributed by atoms with Crippen LogP contribution in [0, 0.1) is 6.92 Å². The number of hydrogen-bond acceptors (Lipinski definition) is 4. The van der Waals surface area contributed by atoms with E-state index in [1.807, 2.05) is 66.9 Å². The molecule has 0 N–H and O–H groups in total. The van der Waals surface area contributed by atoms with E-state index in [0.29, 0.717) is 10.9 Å². The largest absolute Gasteiger partial charge is 0.496 e. The molecule has 0 aliphatic carbocycles. The predicted octanol–water partition coefficient (Wildman–Crippen LogP) is 4.37. The number of hydrogen-bond donors (Lipinski definition) is 0. The standard InChI is InChI=1S/C19H18N2O2S/c1-14-13-24-19(20-14)21(16-9-4-3-5-10-16)18(22)12-15-8-6-7-11-17(15)23-2/h3-11,13H,12H2,1-2H3. The molecule has 5 heteroatoms. The van der Waals surface area contributed by atoms with Gasteiger partial charge in [-0.2, -0.15) is 0 Å². The van der Waals surface area contributed by atoms with Gasteiger partial charge >= 0.3 is 0 Å². The summed E-state index contributed by atoms with van der Waals surface area (Å²) in [4.78, 5) is 19.2. The smallest absolute Gasteiger partial charge is 0.237 e. The molecular weight excluding hydrogens is 320 g/mol. The Morgan fingerprint density at radius 3 is 2.50 bits per heavy atom. The first kappa shape index (κ1) is 16.2. The third-order valence-electron chi connectivity index (χ3n) is 3.60. The molecule has 0 spiro atoms. The van der Waals surface area contributed by atoms with Crippen molar-refractivity contribution >= 4 is 28.1 Å². The summed E-state index contributed by atoms with van der Waals surface area (Å²) in [5.41, 5.74) is 2.58. The van der Waals surface area contributed by atoms with Gasteiger partial charge in [0.25, 0.3) is 0 Å². The van der Waals surface area contributed by atoms with E-state index >= 15 is 0 Å². The van der Waals surface area contributed by atoms with Gasteiger partial charge in [0, 0.05) is 10.9 Å². The summed E-state index contributed by atoms with van der Waals surface area (Å²) in [5.74, 6) is 0.675. The fourth-order valence-electron chi connectivity index (χ4n) is 2.47. The summed E-state index contributed by atoms with van der Waals surface area (Å²) in [6.45, 7) is 1.92. The minimum atomic E-state index is -0.0416. The van der Waals surface area contributed by atoms with E-state index in [-0.39, 0.29) is 12.3 Å². The van der Waals surface area contributed by atoms with Crippen LogP contribution in [0.5, 0.6) is 5.75 Å². The maximum atomic E-state index is 13.0. The topological polar surface area (TPSA) is 42.4 Å². The van der Waals surface area contributed by atoms with Gasteiger partial charge in [0.1, 0.15) is 5.75 Å². The van der Waals surface area contributed by atoms with Crippen molar-refractivity contribution in [3.05, 3.63) is 71.2 Å². The monoisotopic (exact) mass is 338 g/mol. The molecule has 4 nitrogen and oxygen atoms in total. The fourth-order valence-corrected chi connectivity index (χ4v) is 3.31. The Kier molecular flexibility index (Phi) is 4.91. The minimum absolute atomic E-state index is 0.0416. The first-order valence-electron chi connectivity index (χ1n) is 7.61. The number of carbonyl (C=O) groups is 1. The molecule has 1 heterocycles. The van der Waals surface area contributed by atoms with Crippen molar-refractivity contribution < 1.29 is 9.53 Å². The number of carbonyl (C=O) groups excluding carboxylic acids is 1. The van der Waals surface area contributed by atoms with E-state index in [0.717, 1.165) is 16.9 Å². The third-order valence-corrected chi connectivity index (χ3v) is 4.54.